The molecule has 0 fully saturated rings. The summed E-state index contributed by atoms with van der Waals surface area (Å²) in [6, 6.07) is 7.84. The van der Waals surface area contributed by atoms with Gasteiger partial charge in [-0.05, 0) is 30.7 Å². The third-order valence-corrected chi connectivity index (χ3v) is 2.66. The molecule has 0 saturated carbocycles. The Hall–Kier alpha value is -1.81. The molecular formula is C13H17N3O. The number of hydrogen-bond donors (Lipinski definition) is 1. The predicted octanol–water partition coefficient (Wildman–Crippen LogP) is 2.33. The fourth-order valence-corrected chi connectivity index (χ4v) is 1.61. The topological polar surface area (TPSA) is 55.3 Å². The molecule has 2 aromatic heterocycles. The summed E-state index contributed by atoms with van der Waals surface area (Å²) in [6.07, 6.45) is 3.49. The molecule has 2 N–H and O–H groups in total. The lowest BCUT2D eigenvalue weighted by molar-refractivity contribution is 0.507. The third kappa shape index (κ3) is 2.85. The molecular weight excluding hydrogens is 214 g/mol. The number of pyridine rings is 1. The lowest BCUT2D eigenvalue weighted by Gasteiger charge is -2.17. The SMILES string of the molecule is CC(N)c1ccc(N(C)Cc2ccco2)nc1. The minimum absolute atomic E-state index is 0.0203. The Morgan fingerprint density at radius 2 is 2.24 bits per heavy atom. The summed E-state index contributed by atoms with van der Waals surface area (Å²) >= 11 is 0. The number of hydrogen-bond acceptors (Lipinski definition) is 4. The van der Waals surface area contributed by atoms with Crippen LogP contribution in [0.5, 0.6) is 0 Å². The highest BCUT2D eigenvalue weighted by Gasteiger charge is 2.06. The molecule has 2 rings (SSSR count). The van der Waals surface area contributed by atoms with Gasteiger partial charge in [-0.1, -0.05) is 6.07 Å². The van der Waals surface area contributed by atoms with Gasteiger partial charge in [-0.2, -0.15) is 0 Å². The molecule has 1 atom stereocenters. The molecule has 0 radical (unpaired) electrons. The zero-order valence-electron chi connectivity index (χ0n) is 10.1. The highest BCUT2D eigenvalue weighted by molar-refractivity contribution is 5.39. The van der Waals surface area contributed by atoms with Crippen LogP contribution in [0.3, 0.4) is 0 Å². The van der Waals surface area contributed by atoms with Crippen LogP contribution in [0, 0.1) is 0 Å². The summed E-state index contributed by atoms with van der Waals surface area (Å²) in [5.41, 5.74) is 6.82. The van der Waals surface area contributed by atoms with E-state index < -0.39 is 0 Å². The van der Waals surface area contributed by atoms with E-state index in [-0.39, 0.29) is 6.04 Å². The summed E-state index contributed by atoms with van der Waals surface area (Å²) in [6.45, 7) is 2.65. The normalized spacial score (nSPS) is 12.4. The van der Waals surface area contributed by atoms with Gasteiger partial charge < -0.3 is 15.1 Å². The van der Waals surface area contributed by atoms with Gasteiger partial charge in [0, 0.05) is 19.3 Å². The average molecular weight is 231 g/mol. The van der Waals surface area contributed by atoms with E-state index in [1.54, 1.807) is 6.26 Å². The fraction of sp³-hybridized carbons (Fsp3) is 0.308. The van der Waals surface area contributed by atoms with Gasteiger partial charge in [0.25, 0.3) is 0 Å². The first-order valence-corrected chi connectivity index (χ1v) is 5.62. The largest absolute Gasteiger partial charge is 0.467 e. The van der Waals surface area contributed by atoms with E-state index >= 15 is 0 Å². The molecule has 17 heavy (non-hydrogen) atoms. The van der Waals surface area contributed by atoms with Crippen molar-refractivity contribution in [2.75, 3.05) is 11.9 Å². The number of aromatic nitrogens is 1. The maximum absolute atomic E-state index is 5.78. The fourth-order valence-electron chi connectivity index (χ4n) is 1.61. The molecule has 4 heteroatoms. The van der Waals surface area contributed by atoms with Crippen molar-refractivity contribution in [1.82, 2.24) is 4.98 Å². The maximum atomic E-state index is 5.78. The van der Waals surface area contributed by atoms with Crippen molar-refractivity contribution in [3.05, 3.63) is 48.0 Å². The Morgan fingerprint density at radius 1 is 1.41 bits per heavy atom. The van der Waals surface area contributed by atoms with Crippen molar-refractivity contribution in [2.45, 2.75) is 19.5 Å². The summed E-state index contributed by atoms with van der Waals surface area (Å²) in [7, 11) is 1.98. The zero-order chi connectivity index (χ0) is 12.3. The van der Waals surface area contributed by atoms with E-state index in [1.807, 2.05) is 49.3 Å². The second-order valence-corrected chi connectivity index (χ2v) is 4.17. The van der Waals surface area contributed by atoms with Gasteiger partial charge in [-0.25, -0.2) is 4.98 Å². The van der Waals surface area contributed by atoms with Crippen LogP contribution in [-0.4, -0.2) is 12.0 Å². The Labute approximate surface area is 101 Å². The zero-order valence-corrected chi connectivity index (χ0v) is 10.1. The molecule has 0 amide bonds. The van der Waals surface area contributed by atoms with Crippen LogP contribution >= 0.6 is 0 Å². The van der Waals surface area contributed by atoms with E-state index in [0.717, 1.165) is 17.1 Å². The average Bonchev–Trinajstić information content (AvgIpc) is 2.82. The first-order valence-electron chi connectivity index (χ1n) is 5.62. The minimum Gasteiger partial charge on any atom is -0.467 e. The van der Waals surface area contributed by atoms with Crippen molar-refractivity contribution in [2.24, 2.45) is 5.73 Å². The van der Waals surface area contributed by atoms with E-state index in [1.165, 1.54) is 0 Å². The van der Waals surface area contributed by atoms with Crippen molar-refractivity contribution in [1.29, 1.82) is 0 Å². The second kappa shape index (κ2) is 5.01. The summed E-state index contributed by atoms with van der Waals surface area (Å²) < 4.78 is 5.30. The highest BCUT2D eigenvalue weighted by Crippen LogP contribution is 2.15. The Balaban J connectivity index is 2.06. The molecule has 2 heterocycles. The summed E-state index contributed by atoms with van der Waals surface area (Å²) in [4.78, 5) is 6.42. The predicted molar refractivity (Wildman–Crippen MR) is 67.7 cm³/mol. The first kappa shape index (κ1) is 11.7. The van der Waals surface area contributed by atoms with Gasteiger partial charge in [0.15, 0.2) is 0 Å². The van der Waals surface area contributed by atoms with Crippen LogP contribution in [0.15, 0.2) is 41.1 Å². The number of nitrogens with two attached hydrogens (primary N) is 1. The summed E-state index contributed by atoms with van der Waals surface area (Å²) in [5.74, 6) is 1.83. The van der Waals surface area contributed by atoms with Crippen LogP contribution in [0.4, 0.5) is 5.82 Å². The van der Waals surface area contributed by atoms with E-state index in [0.29, 0.717) is 6.54 Å². The molecule has 0 aliphatic rings. The molecule has 0 aliphatic carbocycles. The van der Waals surface area contributed by atoms with Crippen LogP contribution < -0.4 is 10.6 Å². The van der Waals surface area contributed by atoms with Gasteiger partial charge >= 0.3 is 0 Å². The van der Waals surface area contributed by atoms with Gasteiger partial charge in [0.05, 0.1) is 12.8 Å². The third-order valence-electron chi connectivity index (χ3n) is 2.66. The van der Waals surface area contributed by atoms with E-state index in [4.69, 9.17) is 10.2 Å². The Kier molecular flexibility index (Phi) is 3.44. The molecule has 0 aromatic carbocycles. The molecule has 2 aromatic rings. The molecule has 4 nitrogen and oxygen atoms in total. The second-order valence-electron chi connectivity index (χ2n) is 4.17. The lowest BCUT2D eigenvalue weighted by atomic mass is 10.1. The number of anilines is 1. The Bertz CT molecular complexity index is 448. The Morgan fingerprint density at radius 3 is 2.76 bits per heavy atom. The van der Waals surface area contributed by atoms with Crippen molar-refractivity contribution >= 4 is 5.82 Å². The van der Waals surface area contributed by atoms with Crippen LogP contribution in [0.1, 0.15) is 24.3 Å². The molecule has 0 saturated heterocycles. The van der Waals surface area contributed by atoms with Crippen molar-refractivity contribution in [3.8, 4) is 0 Å². The van der Waals surface area contributed by atoms with Gasteiger partial charge in [-0.15, -0.1) is 0 Å². The highest BCUT2D eigenvalue weighted by atomic mass is 16.3. The maximum Gasteiger partial charge on any atom is 0.128 e. The van der Waals surface area contributed by atoms with Crippen LogP contribution in [0.25, 0.3) is 0 Å². The molecule has 0 bridgehead atoms. The van der Waals surface area contributed by atoms with Crippen LogP contribution in [-0.2, 0) is 6.54 Å². The standard InChI is InChI=1S/C13H17N3O/c1-10(14)11-5-6-13(15-8-11)16(2)9-12-4-3-7-17-12/h3-8,10H,9,14H2,1-2H3. The summed E-state index contributed by atoms with van der Waals surface area (Å²) in [5, 5.41) is 0. The van der Waals surface area contributed by atoms with Gasteiger partial charge in [0.2, 0.25) is 0 Å². The van der Waals surface area contributed by atoms with Crippen LogP contribution in [0.2, 0.25) is 0 Å². The van der Waals surface area contributed by atoms with Gasteiger partial charge in [-0.3, -0.25) is 0 Å². The van der Waals surface area contributed by atoms with E-state index in [9.17, 15) is 0 Å². The molecule has 0 aliphatic heterocycles. The number of furan rings is 1. The first-order chi connectivity index (χ1) is 8.16. The number of nitrogens with zero attached hydrogens (tertiary/aromatic N) is 2. The van der Waals surface area contributed by atoms with Crippen molar-refractivity contribution in [3.63, 3.8) is 0 Å². The van der Waals surface area contributed by atoms with Gasteiger partial charge in [0.1, 0.15) is 11.6 Å². The van der Waals surface area contributed by atoms with Crippen molar-refractivity contribution < 1.29 is 4.42 Å². The minimum atomic E-state index is 0.0203. The molecule has 1 unspecified atom stereocenters. The smallest absolute Gasteiger partial charge is 0.128 e. The molecule has 0 spiro atoms. The number of rotatable bonds is 4. The lowest BCUT2D eigenvalue weighted by Crippen LogP contribution is -2.17. The quantitative estimate of drug-likeness (QED) is 0.877. The molecule has 90 valence electrons. The van der Waals surface area contributed by atoms with E-state index in [2.05, 4.69) is 4.98 Å². The monoisotopic (exact) mass is 231 g/mol.